The molecule has 1 aliphatic rings. The van der Waals surface area contributed by atoms with Crippen molar-refractivity contribution in [3.8, 4) is 0 Å². The molecule has 1 saturated heterocycles. The summed E-state index contributed by atoms with van der Waals surface area (Å²) in [5.41, 5.74) is 1.24. The molecular formula is C23H30N2O4. The fourth-order valence-electron chi connectivity index (χ4n) is 3.81. The van der Waals surface area contributed by atoms with Crippen LogP contribution in [0, 0.1) is 6.92 Å². The zero-order valence-electron chi connectivity index (χ0n) is 17.0. The molecule has 0 saturated carbocycles. The third-order valence-electron chi connectivity index (χ3n) is 5.32. The molecule has 1 unspecified atom stereocenters. The number of β-amino-alcohol motifs (C(OH)–C–C–N with tert-alkyl or cyclic N) is 1. The predicted octanol–water partition coefficient (Wildman–Crippen LogP) is 2.31. The molecule has 1 aliphatic heterocycles. The van der Waals surface area contributed by atoms with Gasteiger partial charge in [-0.25, -0.2) is 4.79 Å². The predicted molar refractivity (Wildman–Crippen MR) is 112 cm³/mol. The number of aliphatic hydroxyl groups is 1. The van der Waals surface area contributed by atoms with E-state index in [4.69, 9.17) is 4.42 Å². The van der Waals surface area contributed by atoms with Gasteiger partial charge in [0.05, 0.1) is 6.10 Å². The maximum absolute atomic E-state index is 12.4. The summed E-state index contributed by atoms with van der Waals surface area (Å²) in [5, 5.41) is 12.8. The van der Waals surface area contributed by atoms with Crippen LogP contribution in [0.25, 0.3) is 0 Å². The van der Waals surface area contributed by atoms with Crippen LogP contribution in [-0.4, -0.2) is 48.2 Å². The Morgan fingerprint density at radius 3 is 2.62 bits per heavy atom. The van der Waals surface area contributed by atoms with Gasteiger partial charge in [0.1, 0.15) is 11.3 Å². The lowest BCUT2D eigenvalue weighted by molar-refractivity contribution is 0.0875. The van der Waals surface area contributed by atoms with E-state index in [-0.39, 0.29) is 12.1 Å². The summed E-state index contributed by atoms with van der Waals surface area (Å²) in [5.74, 6) is 0.0987. The minimum absolute atomic E-state index is 0.0187. The molecule has 1 fully saturated rings. The summed E-state index contributed by atoms with van der Waals surface area (Å²) in [6.07, 6.45) is 4.05. The van der Waals surface area contributed by atoms with Gasteiger partial charge >= 0.3 is 5.63 Å². The van der Waals surface area contributed by atoms with E-state index in [0.717, 1.165) is 38.8 Å². The number of nitrogens with one attached hydrogen (secondary N) is 1. The van der Waals surface area contributed by atoms with E-state index in [2.05, 4.69) is 22.3 Å². The second-order valence-corrected chi connectivity index (χ2v) is 7.77. The molecule has 2 aromatic rings. The Hall–Kier alpha value is -2.44. The van der Waals surface area contributed by atoms with E-state index in [9.17, 15) is 14.7 Å². The molecule has 0 radical (unpaired) electrons. The van der Waals surface area contributed by atoms with Crippen LogP contribution < -0.4 is 10.9 Å². The van der Waals surface area contributed by atoms with Gasteiger partial charge in [-0.1, -0.05) is 30.3 Å². The van der Waals surface area contributed by atoms with Crippen molar-refractivity contribution in [3.05, 3.63) is 69.3 Å². The number of nitrogens with zero attached hydrogens (tertiary/aromatic N) is 1. The Kier molecular flexibility index (Phi) is 7.61. The SMILES string of the molecule is Cc1cc(CCCc2ccccc2)oc(=O)c1C(=O)NCC(O)CN1CCCC1. The number of aryl methyl sites for hydroxylation is 3. The Labute approximate surface area is 171 Å². The first-order valence-corrected chi connectivity index (χ1v) is 10.4. The molecule has 6 heteroatoms. The number of benzene rings is 1. The lowest BCUT2D eigenvalue weighted by atomic mass is 10.1. The van der Waals surface area contributed by atoms with Gasteiger partial charge in [-0.05, 0) is 62.9 Å². The quantitative estimate of drug-likeness (QED) is 0.677. The number of hydrogen-bond donors (Lipinski definition) is 2. The normalized spacial score (nSPS) is 15.4. The molecule has 1 aromatic carbocycles. The van der Waals surface area contributed by atoms with Crippen molar-refractivity contribution in [2.75, 3.05) is 26.2 Å². The van der Waals surface area contributed by atoms with Crippen molar-refractivity contribution in [2.45, 2.75) is 45.1 Å². The Balaban J connectivity index is 1.52. The number of likely N-dealkylation sites (tertiary alicyclic amines) is 1. The van der Waals surface area contributed by atoms with E-state index in [1.54, 1.807) is 13.0 Å². The van der Waals surface area contributed by atoms with Crippen molar-refractivity contribution in [1.29, 1.82) is 0 Å². The highest BCUT2D eigenvalue weighted by Gasteiger charge is 2.20. The van der Waals surface area contributed by atoms with E-state index in [1.165, 1.54) is 5.56 Å². The van der Waals surface area contributed by atoms with Gasteiger partial charge in [-0.15, -0.1) is 0 Å². The van der Waals surface area contributed by atoms with E-state index in [0.29, 0.717) is 24.3 Å². The average molecular weight is 399 g/mol. The summed E-state index contributed by atoms with van der Waals surface area (Å²) >= 11 is 0. The first kappa shape index (κ1) is 21.3. The fourth-order valence-corrected chi connectivity index (χ4v) is 3.81. The number of hydrogen-bond acceptors (Lipinski definition) is 5. The van der Waals surface area contributed by atoms with Gasteiger partial charge in [0.15, 0.2) is 0 Å². The summed E-state index contributed by atoms with van der Waals surface area (Å²) in [7, 11) is 0. The van der Waals surface area contributed by atoms with Crippen molar-refractivity contribution in [2.24, 2.45) is 0 Å². The molecule has 156 valence electrons. The second kappa shape index (κ2) is 10.4. The van der Waals surface area contributed by atoms with Crippen LogP contribution in [0.1, 0.15) is 46.5 Å². The minimum Gasteiger partial charge on any atom is -0.427 e. The van der Waals surface area contributed by atoms with Crippen molar-refractivity contribution in [3.63, 3.8) is 0 Å². The summed E-state index contributed by atoms with van der Waals surface area (Å²) < 4.78 is 5.38. The monoisotopic (exact) mass is 398 g/mol. The van der Waals surface area contributed by atoms with Crippen LogP contribution >= 0.6 is 0 Å². The van der Waals surface area contributed by atoms with Gasteiger partial charge in [0, 0.05) is 19.5 Å². The fraction of sp³-hybridized carbons (Fsp3) is 0.478. The summed E-state index contributed by atoms with van der Waals surface area (Å²) in [6, 6.07) is 11.9. The molecular weight excluding hydrogens is 368 g/mol. The van der Waals surface area contributed by atoms with Crippen LogP contribution in [0.15, 0.2) is 45.6 Å². The number of carbonyl (C=O) groups is 1. The third-order valence-corrected chi connectivity index (χ3v) is 5.32. The standard InChI is InChI=1S/C23H30N2O4/c1-17-14-20(11-7-10-18-8-3-2-4-9-18)29-23(28)21(17)22(27)24-15-19(26)16-25-12-5-6-13-25/h2-4,8-9,14,19,26H,5-7,10-13,15-16H2,1H3,(H,24,27). The Morgan fingerprint density at radius 1 is 1.21 bits per heavy atom. The third kappa shape index (κ3) is 6.27. The molecule has 1 amide bonds. The first-order valence-electron chi connectivity index (χ1n) is 10.4. The molecule has 2 N–H and O–H groups in total. The van der Waals surface area contributed by atoms with Crippen LogP contribution in [-0.2, 0) is 12.8 Å². The zero-order valence-corrected chi connectivity index (χ0v) is 17.0. The summed E-state index contributed by atoms with van der Waals surface area (Å²) in [6.45, 7) is 4.37. The molecule has 1 aromatic heterocycles. The summed E-state index contributed by atoms with van der Waals surface area (Å²) in [4.78, 5) is 27.0. The number of carbonyl (C=O) groups excluding carboxylic acids is 1. The number of rotatable bonds is 9. The maximum atomic E-state index is 12.4. The zero-order chi connectivity index (χ0) is 20.6. The molecule has 0 bridgehead atoms. The van der Waals surface area contributed by atoms with Gasteiger partial charge in [-0.3, -0.25) is 4.79 Å². The van der Waals surface area contributed by atoms with Gasteiger partial charge in [0.2, 0.25) is 0 Å². The highest BCUT2D eigenvalue weighted by molar-refractivity contribution is 5.95. The van der Waals surface area contributed by atoms with Crippen molar-refractivity contribution < 1.29 is 14.3 Å². The second-order valence-electron chi connectivity index (χ2n) is 7.77. The largest absolute Gasteiger partial charge is 0.427 e. The molecule has 29 heavy (non-hydrogen) atoms. The van der Waals surface area contributed by atoms with E-state index < -0.39 is 17.6 Å². The topological polar surface area (TPSA) is 82.8 Å². The Morgan fingerprint density at radius 2 is 1.93 bits per heavy atom. The molecule has 6 nitrogen and oxygen atoms in total. The van der Waals surface area contributed by atoms with Gasteiger partial charge in [-0.2, -0.15) is 0 Å². The van der Waals surface area contributed by atoms with Gasteiger partial charge < -0.3 is 19.7 Å². The molecule has 2 heterocycles. The smallest absolute Gasteiger partial charge is 0.349 e. The van der Waals surface area contributed by atoms with Crippen molar-refractivity contribution >= 4 is 5.91 Å². The Bertz CT molecular complexity index is 857. The number of aliphatic hydroxyl groups excluding tert-OH is 1. The lowest BCUT2D eigenvalue weighted by Gasteiger charge is -2.19. The van der Waals surface area contributed by atoms with Crippen LogP contribution in [0.3, 0.4) is 0 Å². The first-order chi connectivity index (χ1) is 14.0. The molecule has 3 rings (SSSR count). The molecule has 0 aliphatic carbocycles. The van der Waals surface area contributed by atoms with Gasteiger partial charge in [0.25, 0.3) is 5.91 Å². The maximum Gasteiger partial charge on any atom is 0.349 e. The van der Waals surface area contributed by atoms with E-state index in [1.807, 2.05) is 18.2 Å². The number of amides is 1. The minimum atomic E-state index is -0.651. The van der Waals surface area contributed by atoms with Crippen molar-refractivity contribution in [1.82, 2.24) is 10.2 Å². The lowest BCUT2D eigenvalue weighted by Crippen LogP contribution is -2.40. The average Bonchev–Trinajstić information content (AvgIpc) is 3.20. The molecule has 0 spiro atoms. The van der Waals surface area contributed by atoms with Crippen LogP contribution in [0.5, 0.6) is 0 Å². The highest BCUT2D eigenvalue weighted by Crippen LogP contribution is 2.12. The van der Waals surface area contributed by atoms with E-state index >= 15 is 0 Å². The van der Waals surface area contributed by atoms with Crippen LogP contribution in [0.2, 0.25) is 0 Å². The molecule has 1 atom stereocenters. The van der Waals surface area contributed by atoms with Crippen LogP contribution in [0.4, 0.5) is 0 Å². The highest BCUT2D eigenvalue weighted by atomic mass is 16.4.